The number of imidazole rings is 1. The van der Waals surface area contributed by atoms with E-state index in [0.29, 0.717) is 40.1 Å². The predicted octanol–water partition coefficient (Wildman–Crippen LogP) is 3.23. The lowest BCUT2D eigenvalue weighted by molar-refractivity contribution is 0.102. The first-order valence-electron chi connectivity index (χ1n) is 10.1. The molecule has 0 saturated carbocycles. The number of nitrogens with one attached hydrogen (secondary N) is 2. The maximum absolute atomic E-state index is 14.4. The quantitative estimate of drug-likeness (QED) is 0.510. The highest BCUT2D eigenvalue weighted by Crippen LogP contribution is 2.30. The molecule has 1 aromatic carbocycles. The van der Waals surface area contributed by atoms with Crippen molar-refractivity contribution in [2.75, 3.05) is 23.3 Å². The number of anilines is 2. The van der Waals surface area contributed by atoms with Gasteiger partial charge in [0, 0.05) is 43.6 Å². The summed E-state index contributed by atoms with van der Waals surface area (Å²) in [5.74, 6) is -0.856. The van der Waals surface area contributed by atoms with E-state index in [0.717, 1.165) is 30.5 Å². The van der Waals surface area contributed by atoms with Crippen LogP contribution in [-0.2, 0) is 0 Å². The monoisotopic (exact) mass is 439 g/mol. The third kappa shape index (κ3) is 3.61. The molecule has 4 aromatic rings. The van der Waals surface area contributed by atoms with Gasteiger partial charge in [-0.25, -0.2) is 9.37 Å². The van der Waals surface area contributed by atoms with Gasteiger partial charge in [-0.05, 0) is 32.9 Å². The van der Waals surface area contributed by atoms with Crippen molar-refractivity contribution in [1.82, 2.24) is 23.4 Å². The number of piperazine rings is 1. The molecule has 4 heterocycles. The number of fused-ring (bicyclic) bond motifs is 2. The molecule has 1 fully saturated rings. The molecular formula is C21H22FN7OS. The molecular weight excluding hydrogens is 417 g/mol. The maximum Gasteiger partial charge on any atom is 0.258 e. The fraction of sp³-hybridized carbons (Fsp3) is 0.333. The smallest absolute Gasteiger partial charge is 0.258 e. The minimum absolute atomic E-state index is 0.227. The number of halogens is 1. The molecule has 1 amide bonds. The van der Waals surface area contributed by atoms with Gasteiger partial charge in [-0.15, -0.1) is 0 Å². The lowest BCUT2D eigenvalue weighted by Crippen LogP contribution is -2.54. The Labute approximate surface area is 182 Å². The van der Waals surface area contributed by atoms with Crippen LogP contribution in [0.4, 0.5) is 15.8 Å². The molecule has 1 aliphatic heterocycles. The lowest BCUT2D eigenvalue weighted by atomic mass is 10.1. The minimum atomic E-state index is -0.497. The van der Waals surface area contributed by atoms with E-state index in [4.69, 9.17) is 0 Å². The van der Waals surface area contributed by atoms with Crippen molar-refractivity contribution < 1.29 is 9.18 Å². The zero-order valence-corrected chi connectivity index (χ0v) is 18.2. The number of carbonyl (C=O) groups is 1. The van der Waals surface area contributed by atoms with Crippen molar-refractivity contribution >= 4 is 45.7 Å². The van der Waals surface area contributed by atoms with E-state index >= 15 is 0 Å². The van der Waals surface area contributed by atoms with Gasteiger partial charge in [0.2, 0.25) is 0 Å². The average molecular weight is 440 g/mol. The second kappa shape index (κ2) is 7.54. The number of aryl methyl sites for hydroxylation is 1. The van der Waals surface area contributed by atoms with E-state index in [1.54, 1.807) is 29.8 Å². The highest BCUT2D eigenvalue weighted by molar-refractivity contribution is 7.00. The van der Waals surface area contributed by atoms with Gasteiger partial charge in [-0.1, -0.05) is 0 Å². The van der Waals surface area contributed by atoms with E-state index in [-0.39, 0.29) is 11.6 Å². The van der Waals surface area contributed by atoms with Crippen LogP contribution in [-0.4, -0.2) is 49.2 Å². The molecule has 1 aliphatic rings. The molecule has 0 spiro atoms. The molecule has 0 aliphatic carbocycles. The molecule has 8 nitrogen and oxygen atoms in total. The van der Waals surface area contributed by atoms with Crippen LogP contribution in [0.2, 0.25) is 0 Å². The zero-order chi connectivity index (χ0) is 21.7. The third-order valence-corrected chi connectivity index (χ3v) is 5.95. The van der Waals surface area contributed by atoms with Crippen LogP contribution < -0.4 is 15.5 Å². The third-order valence-electron chi connectivity index (χ3n) is 5.42. The second-order valence-corrected chi connectivity index (χ2v) is 8.64. The normalized spacial score (nSPS) is 19.3. The van der Waals surface area contributed by atoms with Crippen LogP contribution in [0, 0.1) is 12.7 Å². The van der Waals surface area contributed by atoms with Crippen molar-refractivity contribution in [3.63, 3.8) is 0 Å². The van der Waals surface area contributed by atoms with Crippen molar-refractivity contribution in [3.05, 3.63) is 47.7 Å². The van der Waals surface area contributed by atoms with Crippen molar-refractivity contribution in [2.45, 2.75) is 32.9 Å². The van der Waals surface area contributed by atoms with Crippen LogP contribution in [0.15, 0.2) is 30.6 Å². The number of pyridine rings is 1. The number of hydrogen-bond donors (Lipinski definition) is 2. The summed E-state index contributed by atoms with van der Waals surface area (Å²) in [7, 11) is 0. The molecule has 0 unspecified atom stereocenters. The molecule has 1 saturated heterocycles. The summed E-state index contributed by atoms with van der Waals surface area (Å²) in [5, 5.41) is 6.30. The standard InChI is InChI=1S/C21H22FN7OS/c1-11-7-28(8-12(2)23-11)17-5-4-15(18-19(17)27-31-26-18)21(30)25-14-6-16(22)20-24-13(3)9-29(20)10-14/h4-6,9-12,23H,7-8H2,1-3H3,(H,25,30)/t11-,12-/m1/s1. The first kappa shape index (κ1) is 19.8. The molecule has 2 atom stereocenters. The van der Waals surface area contributed by atoms with Gasteiger partial charge in [0.25, 0.3) is 5.91 Å². The van der Waals surface area contributed by atoms with Gasteiger partial charge in [0.05, 0.1) is 34.4 Å². The Kier molecular flexibility index (Phi) is 4.82. The Balaban J connectivity index is 1.47. The highest BCUT2D eigenvalue weighted by Gasteiger charge is 2.25. The first-order chi connectivity index (χ1) is 14.9. The Hall–Kier alpha value is -3.11. The summed E-state index contributed by atoms with van der Waals surface area (Å²) in [6.07, 6.45) is 3.35. The largest absolute Gasteiger partial charge is 0.367 e. The van der Waals surface area contributed by atoms with E-state index in [1.165, 1.54) is 6.07 Å². The molecule has 5 rings (SSSR count). The van der Waals surface area contributed by atoms with E-state index in [9.17, 15) is 9.18 Å². The summed E-state index contributed by atoms with van der Waals surface area (Å²) < 4.78 is 24.8. The van der Waals surface area contributed by atoms with Gasteiger partial charge < -0.3 is 19.9 Å². The Morgan fingerprint density at radius 2 is 1.94 bits per heavy atom. The second-order valence-electron chi connectivity index (χ2n) is 8.11. The maximum atomic E-state index is 14.4. The first-order valence-corrected chi connectivity index (χ1v) is 10.8. The predicted molar refractivity (Wildman–Crippen MR) is 120 cm³/mol. The lowest BCUT2D eigenvalue weighted by Gasteiger charge is -2.37. The highest BCUT2D eigenvalue weighted by atomic mass is 32.1. The van der Waals surface area contributed by atoms with Crippen LogP contribution in [0.1, 0.15) is 29.9 Å². The van der Waals surface area contributed by atoms with Crippen molar-refractivity contribution in [2.24, 2.45) is 0 Å². The number of nitrogens with zero attached hydrogens (tertiary/aromatic N) is 5. The fourth-order valence-electron chi connectivity index (χ4n) is 4.26. The molecule has 2 N–H and O–H groups in total. The van der Waals surface area contributed by atoms with Crippen molar-refractivity contribution in [3.8, 4) is 0 Å². The van der Waals surface area contributed by atoms with Crippen LogP contribution >= 0.6 is 11.7 Å². The molecule has 10 heteroatoms. The summed E-state index contributed by atoms with van der Waals surface area (Å²) in [5.41, 5.74) is 3.92. The number of rotatable bonds is 3. The number of amides is 1. The molecule has 0 bridgehead atoms. The molecule has 31 heavy (non-hydrogen) atoms. The van der Waals surface area contributed by atoms with E-state index in [1.807, 2.05) is 6.07 Å². The summed E-state index contributed by atoms with van der Waals surface area (Å²) in [6.45, 7) is 7.80. The topological polar surface area (TPSA) is 87.5 Å². The minimum Gasteiger partial charge on any atom is -0.367 e. The average Bonchev–Trinajstić information content (AvgIpc) is 3.33. The van der Waals surface area contributed by atoms with Gasteiger partial charge >= 0.3 is 0 Å². The fourth-order valence-corrected chi connectivity index (χ4v) is 4.83. The van der Waals surface area contributed by atoms with E-state index < -0.39 is 5.82 Å². The SMILES string of the molecule is Cc1cn2cc(NC(=O)c3ccc(N4C[C@@H](C)N[C@H](C)C4)c4nsnc34)cc(F)c2n1. The summed E-state index contributed by atoms with van der Waals surface area (Å²) >= 11 is 1.08. The Morgan fingerprint density at radius 1 is 1.19 bits per heavy atom. The summed E-state index contributed by atoms with van der Waals surface area (Å²) in [4.78, 5) is 19.4. The van der Waals surface area contributed by atoms with Gasteiger partial charge in [0.1, 0.15) is 11.0 Å². The van der Waals surface area contributed by atoms with Gasteiger partial charge in [0.15, 0.2) is 11.5 Å². The number of aromatic nitrogens is 4. The zero-order valence-electron chi connectivity index (χ0n) is 17.4. The Bertz CT molecular complexity index is 1290. The van der Waals surface area contributed by atoms with Gasteiger partial charge in [-0.3, -0.25) is 4.79 Å². The number of hydrogen-bond acceptors (Lipinski definition) is 7. The molecule has 0 radical (unpaired) electrons. The Morgan fingerprint density at radius 3 is 2.71 bits per heavy atom. The van der Waals surface area contributed by atoms with E-state index in [2.05, 4.69) is 43.1 Å². The van der Waals surface area contributed by atoms with Crippen LogP contribution in [0.3, 0.4) is 0 Å². The molecule has 160 valence electrons. The van der Waals surface area contributed by atoms with Crippen molar-refractivity contribution in [1.29, 1.82) is 0 Å². The van der Waals surface area contributed by atoms with Crippen LogP contribution in [0.5, 0.6) is 0 Å². The molecule has 3 aromatic heterocycles. The number of carbonyl (C=O) groups excluding carboxylic acids is 1. The summed E-state index contributed by atoms with van der Waals surface area (Å²) in [6, 6.07) is 5.66. The van der Waals surface area contributed by atoms with Crippen LogP contribution in [0.25, 0.3) is 16.7 Å². The number of benzene rings is 1. The van der Waals surface area contributed by atoms with Gasteiger partial charge in [-0.2, -0.15) is 8.75 Å².